The second-order valence-corrected chi connectivity index (χ2v) is 9.07. The minimum atomic E-state index is -0.975. The quantitative estimate of drug-likeness (QED) is 0.275. The van der Waals surface area contributed by atoms with E-state index in [1.807, 2.05) is 0 Å². The van der Waals surface area contributed by atoms with Gasteiger partial charge in [0.05, 0.1) is 19.2 Å². The molecule has 1 saturated heterocycles. The van der Waals surface area contributed by atoms with Gasteiger partial charge in [0.25, 0.3) is 0 Å². The molecule has 0 aromatic carbocycles. The monoisotopic (exact) mass is 473 g/mol. The van der Waals surface area contributed by atoms with E-state index >= 15 is 0 Å². The highest BCUT2D eigenvalue weighted by Crippen LogP contribution is 2.23. The molecule has 33 heavy (non-hydrogen) atoms. The smallest absolute Gasteiger partial charge is 0.320 e. The summed E-state index contributed by atoms with van der Waals surface area (Å²) in [6.45, 7) is 6.15. The molecule has 3 atom stereocenters. The Kier molecular flexibility index (Phi) is 14.2. The molecular weight excluding hydrogens is 430 g/mol. The highest BCUT2D eigenvalue weighted by Gasteiger charge is 2.30. The number of carbonyl (C=O) groups is 3. The topological polar surface area (TPSA) is 142 Å². The number of carboxylic acids is 3. The molecule has 0 bridgehead atoms. The summed E-state index contributed by atoms with van der Waals surface area (Å²) in [4.78, 5) is 39.8. The van der Waals surface area contributed by atoms with Crippen LogP contribution in [0.5, 0.6) is 0 Å². The van der Waals surface area contributed by atoms with Crippen LogP contribution >= 0.6 is 0 Å². The van der Waals surface area contributed by atoms with Crippen LogP contribution in [-0.4, -0.2) is 118 Å². The Morgan fingerprint density at radius 2 is 1.24 bits per heavy atom. The summed E-state index contributed by atoms with van der Waals surface area (Å²) in [7, 11) is 0. The Hall–Kier alpha value is -1.75. The van der Waals surface area contributed by atoms with Crippen molar-refractivity contribution in [1.29, 1.82) is 0 Å². The molecule has 192 valence electrons. The SMILES string of the molecule is CCCCC(CCC)C(O)CCC(C(=O)O)N1CCN(CC(=O)O)CCN(CC(=O)O)CC1. The third-order valence-electron chi connectivity index (χ3n) is 6.45. The molecule has 1 aliphatic rings. The zero-order chi connectivity index (χ0) is 24.8. The summed E-state index contributed by atoms with van der Waals surface area (Å²) in [5.41, 5.74) is 0. The van der Waals surface area contributed by atoms with E-state index in [1.54, 1.807) is 14.7 Å². The number of nitrogens with zero attached hydrogens (tertiary/aromatic N) is 3. The van der Waals surface area contributed by atoms with Gasteiger partial charge in [-0.2, -0.15) is 0 Å². The number of hydrogen-bond acceptors (Lipinski definition) is 7. The van der Waals surface area contributed by atoms with Crippen molar-refractivity contribution < 1.29 is 34.8 Å². The fourth-order valence-corrected chi connectivity index (χ4v) is 4.56. The van der Waals surface area contributed by atoms with Crippen LogP contribution in [0.4, 0.5) is 0 Å². The lowest BCUT2D eigenvalue weighted by atomic mass is 9.88. The molecule has 0 saturated carbocycles. The lowest BCUT2D eigenvalue weighted by Gasteiger charge is -2.32. The molecule has 0 aliphatic carbocycles. The van der Waals surface area contributed by atoms with Gasteiger partial charge in [0.15, 0.2) is 0 Å². The third kappa shape index (κ3) is 11.8. The molecule has 1 rings (SSSR count). The number of rotatable bonds is 15. The molecule has 3 unspecified atom stereocenters. The molecule has 0 aromatic heterocycles. The third-order valence-corrected chi connectivity index (χ3v) is 6.45. The zero-order valence-corrected chi connectivity index (χ0v) is 20.2. The molecule has 10 nitrogen and oxygen atoms in total. The second kappa shape index (κ2) is 16.0. The van der Waals surface area contributed by atoms with Crippen molar-refractivity contribution in [3.8, 4) is 0 Å². The summed E-state index contributed by atoms with van der Waals surface area (Å²) < 4.78 is 0. The van der Waals surface area contributed by atoms with Crippen LogP contribution in [0, 0.1) is 5.92 Å². The van der Waals surface area contributed by atoms with Crippen LogP contribution in [0.2, 0.25) is 0 Å². The molecule has 0 spiro atoms. The Bertz CT molecular complexity index is 577. The van der Waals surface area contributed by atoms with Crippen LogP contribution < -0.4 is 0 Å². The number of hydrogen-bond donors (Lipinski definition) is 4. The van der Waals surface area contributed by atoms with Gasteiger partial charge in [-0.3, -0.25) is 29.1 Å². The van der Waals surface area contributed by atoms with E-state index in [0.717, 1.165) is 32.1 Å². The standard InChI is InChI=1S/C23H43N3O7/c1-3-5-7-18(6-4-2)20(27)9-8-19(23(32)33)26-14-12-24(16-21(28)29)10-11-25(13-15-26)17-22(30)31/h18-20,27H,3-17H2,1-2H3,(H,28,29)(H,30,31)(H,32,33). The minimum absolute atomic E-state index is 0.164. The van der Waals surface area contributed by atoms with E-state index in [2.05, 4.69) is 13.8 Å². The molecule has 0 amide bonds. The van der Waals surface area contributed by atoms with Crippen molar-refractivity contribution in [2.75, 3.05) is 52.4 Å². The highest BCUT2D eigenvalue weighted by atomic mass is 16.4. The lowest BCUT2D eigenvalue weighted by molar-refractivity contribution is -0.145. The first-order chi connectivity index (χ1) is 15.7. The van der Waals surface area contributed by atoms with E-state index in [9.17, 15) is 34.8 Å². The molecule has 4 N–H and O–H groups in total. The molecule has 0 radical (unpaired) electrons. The maximum absolute atomic E-state index is 12.1. The summed E-state index contributed by atoms with van der Waals surface area (Å²) in [5, 5.41) is 39.1. The van der Waals surface area contributed by atoms with Crippen LogP contribution in [-0.2, 0) is 14.4 Å². The molecular formula is C23H43N3O7. The Morgan fingerprint density at radius 1 is 0.727 bits per heavy atom. The minimum Gasteiger partial charge on any atom is -0.480 e. The van der Waals surface area contributed by atoms with Gasteiger partial charge in [0.2, 0.25) is 0 Å². The number of carboxylic acid groups (broad SMARTS) is 3. The number of aliphatic carboxylic acids is 3. The lowest BCUT2D eigenvalue weighted by Crippen LogP contribution is -2.47. The van der Waals surface area contributed by atoms with Crippen LogP contribution in [0.25, 0.3) is 0 Å². The van der Waals surface area contributed by atoms with Gasteiger partial charge in [-0.05, 0) is 31.6 Å². The molecule has 1 heterocycles. The van der Waals surface area contributed by atoms with Gasteiger partial charge in [-0.25, -0.2) is 0 Å². The number of aliphatic hydroxyl groups is 1. The predicted molar refractivity (Wildman–Crippen MR) is 124 cm³/mol. The van der Waals surface area contributed by atoms with Crippen molar-refractivity contribution in [1.82, 2.24) is 14.7 Å². The molecule has 1 aliphatic heterocycles. The largest absolute Gasteiger partial charge is 0.480 e. The highest BCUT2D eigenvalue weighted by molar-refractivity contribution is 5.73. The van der Waals surface area contributed by atoms with Crippen molar-refractivity contribution in [3.05, 3.63) is 0 Å². The van der Waals surface area contributed by atoms with Gasteiger partial charge in [0.1, 0.15) is 6.04 Å². The first-order valence-corrected chi connectivity index (χ1v) is 12.2. The van der Waals surface area contributed by atoms with Crippen molar-refractivity contribution in [3.63, 3.8) is 0 Å². The number of aliphatic hydroxyl groups excluding tert-OH is 1. The molecule has 10 heteroatoms. The predicted octanol–water partition coefficient (Wildman–Crippen LogP) is 1.28. The van der Waals surface area contributed by atoms with E-state index in [-0.39, 0.29) is 19.0 Å². The van der Waals surface area contributed by atoms with Crippen LogP contribution in [0.3, 0.4) is 0 Å². The second-order valence-electron chi connectivity index (χ2n) is 9.07. The van der Waals surface area contributed by atoms with Gasteiger partial charge >= 0.3 is 17.9 Å². The van der Waals surface area contributed by atoms with Crippen molar-refractivity contribution in [2.45, 2.75) is 70.9 Å². The Morgan fingerprint density at radius 3 is 1.67 bits per heavy atom. The van der Waals surface area contributed by atoms with Crippen molar-refractivity contribution in [2.24, 2.45) is 5.92 Å². The maximum Gasteiger partial charge on any atom is 0.320 e. The summed E-state index contributed by atoms with van der Waals surface area (Å²) >= 11 is 0. The van der Waals surface area contributed by atoms with Gasteiger partial charge in [-0.15, -0.1) is 0 Å². The Balaban J connectivity index is 2.89. The average molecular weight is 474 g/mol. The fourth-order valence-electron chi connectivity index (χ4n) is 4.56. The normalized spacial score (nSPS) is 19.7. The van der Waals surface area contributed by atoms with E-state index in [0.29, 0.717) is 52.1 Å². The van der Waals surface area contributed by atoms with Crippen LogP contribution in [0.15, 0.2) is 0 Å². The van der Waals surface area contributed by atoms with E-state index < -0.39 is 30.1 Å². The van der Waals surface area contributed by atoms with Gasteiger partial charge in [0, 0.05) is 39.3 Å². The number of unbranched alkanes of at least 4 members (excludes halogenated alkanes) is 1. The Labute approximate surface area is 197 Å². The first-order valence-electron chi connectivity index (χ1n) is 12.2. The van der Waals surface area contributed by atoms with Gasteiger partial charge < -0.3 is 20.4 Å². The zero-order valence-electron chi connectivity index (χ0n) is 20.2. The van der Waals surface area contributed by atoms with E-state index in [4.69, 9.17) is 0 Å². The average Bonchev–Trinajstić information content (AvgIpc) is 2.82. The van der Waals surface area contributed by atoms with Crippen LogP contribution in [0.1, 0.15) is 58.8 Å². The van der Waals surface area contributed by atoms with Gasteiger partial charge in [-0.1, -0.05) is 33.1 Å². The molecule has 1 fully saturated rings. The molecule has 0 aromatic rings. The maximum atomic E-state index is 12.1. The summed E-state index contributed by atoms with van der Waals surface area (Å²) in [6.07, 6.45) is 5.03. The van der Waals surface area contributed by atoms with Crippen molar-refractivity contribution >= 4 is 17.9 Å². The first kappa shape index (κ1) is 29.3. The summed E-state index contributed by atoms with van der Waals surface area (Å²) in [5.74, 6) is -2.76. The van der Waals surface area contributed by atoms with E-state index in [1.165, 1.54) is 0 Å². The summed E-state index contributed by atoms with van der Waals surface area (Å²) in [6, 6.07) is -0.815. The fraction of sp³-hybridized carbons (Fsp3) is 0.870.